The summed E-state index contributed by atoms with van der Waals surface area (Å²) in [4.78, 5) is 72.9. The first-order valence-electron chi connectivity index (χ1n) is 11.0. The molecule has 0 saturated heterocycles. The number of nitrogens with zero attached hydrogens (tertiary/aromatic N) is 1. The first kappa shape index (κ1) is 25.3. The van der Waals surface area contributed by atoms with Gasteiger partial charge in [0, 0.05) is 30.8 Å². The largest absolute Gasteiger partial charge is 0.451 e. The van der Waals surface area contributed by atoms with Gasteiger partial charge in [-0.2, -0.15) is 0 Å². The van der Waals surface area contributed by atoms with Crippen LogP contribution in [0.2, 0.25) is 0 Å². The van der Waals surface area contributed by atoms with Crippen molar-refractivity contribution in [2.75, 3.05) is 12.4 Å². The number of likely N-dealkylation sites (N-methyl/N-ethyl adjacent to an activating group) is 1. The number of nitrogens with one attached hydrogen (secondary N) is 3. The lowest BCUT2D eigenvalue weighted by Gasteiger charge is -2.18. The third kappa shape index (κ3) is 5.81. The second-order valence-electron chi connectivity index (χ2n) is 7.94. The van der Waals surface area contributed by atoms with Gasteiger partial charge in [-0.25, -0.2) is 0 Å². The van der Waals surface area contributed by atoms with Gasteiger partial charge in [-0.1, -0.05) is 6.08 Å². The summed E-state index contributed by atoms with van der Waals surface area (Å²) in [6.45, 7) is 1.56. The smallest absolute Gasteiger partial charge is 0.287 e. The number of hydrogen-bond donors (Lipinski definition) is 3. The highest BCUT2D eigenvalue weighted by Gasteiger charge is 2.28. The highest BCUT2D eigenvalue weighted by molar-refractivity contribution is 6.36. The summed E-state index contributed by atoms with van der Waals surface area (Å²) in [6.07, 6.45) is 6.68. The van der Waals surface area contributed by atoms with Crippen LogP contribution in [-0.2, 0) is 32.1 Å². The van der Waals surface area contributed by atoms with Gasteiger partial charge in [0.1, 0.15) is 23.8 Å². The molecule has 11 heteroatoms. The Labute approximate surface area is 200 Å². The number of aldehydes is 1. The Kier molecular flexibility index (Phi) is 8.13. The minimum Gasteiger partial charge on any atom is -0.451 e. The normalized spacial score (nSPS) is 12.9. The number of aromatic nitrogens is 1. The summed E-state index contributed by atoms with van der Waals surface area (Å²) in [6, 6.07) is 1.58. The molecule has 1 aliphatic rings. The number of amides is 3. The molecule has 2 heterocycles. The van der Waals surface area contributed by atoms with Crippen LogP contribution in [0.15, 0.2) is 33.6 Å². The molecule has 1 aliphatic carbocycles. The zero-order valence-corrected chi connectivity index (χ0v) is 19.4. The Morgan fingerprint density at radius 2 is 2.03 bits per heavy atom. The topological polar surface area (TPSA) is 157 Å². The number of hydrogen-bond acceptors (Lipinski definition) is 7. The van der Waals surface area contributed by atoms with Crippen LogP contribution in [0, 0.1) is 6.92 Å². The second kappa shape index (κ2) is 11.2. The highest BCUT2D eigenvalue weighted by Crippen LogP contribution is 2.28. The molecule has 3 N–H and O–H groups in total. The molecule has 1 atom stereocenters. The summed E-state index contributed by atoms with van der Waals surface area (Å²) in [5.74, 6) is -2.39. The van der Waals surface area contributed by atoms with Crippen molar-refractivity contribution in [3.8, 4) is 0 Å². The van der Waals surface area contributed by atoms with E-state index in [9.17, 15) is 28.8 Å². The molecule has 3 amide bonds. The Morgan fingerprint density at radius 1 is 1.26 bits per heavy atom. The van der Waals surface area contributed by atoms with Gasteiger partial charge in [0.15, 0.2) is 5.76 Å². The summed E-state index contributed by atoms with van der Waals surface area (Å²) in [7, 11) is 1.31. The first-order chi connectivity index (χ1) is 16.8. The van der Waals surface area contributed by atoms with E-state index in [-0.39, 0.29) is 30.8 Å². The predicted octanol–water partition coefficient (Wildman–Crippen LogP) is 0.740. The molecule has 35 heavy (non-hydrogen) atoms. The number of carbonyl (C=O) groups excluding carboxylic acids is 5. The quantitative estimate of drug-likeness (QED) is 0.333. The fourth-order valence-corrected chi connectivity index (χ4v) is 3.75. The van der Waals surface area contributed by atoms with Gasteiger partial charge >= 0.3 is 0 Å². The molecule has 0 aliphatic heterocycles. The van der Waals surface area contributed by atoms with E-state index < -0.39 is 35.1 Å². The minimum atomic E-state index is -1.26. The maximum Gasteiger partial charge on any atom is 0.287 e. The number of carbonyl (C=O) groups is 5. The van der Waals surface area contributed by atoms with E-state index in [1.165, 1.54) is 25.4 Å². The number of Topliss-reactive ketones (excluding diaryl/α,β-unsaturated/α-hetero) is 1. The van der Waals surface area contributed by atoms with Gasteiger partial charge < -0.3 is 29.7 Å². The van der Waals surface area contributed by atoms with Crippen LogP contribution in [0.3, 0.4) is 0 Å². The number of allylic oxidation sites excluding steroid dienone is 1. The van der Waals surface area contributed by atoms with Crippen LogP contribution in [0.4, 0.5) is 5.69 Å². The molecular formula is C24H26N4O7. The molecule has 0 aromatic carbocycles. The number of ketones is 1. The van der Waals surface area contributed by atoms with Crippen LogP contribution in [0.25, 0.3) is 6.08 Å². The van der Waals surface area contributed by atoms with Crippen molar-refractivity contribution in [2.45, 2.75) is 45.2 Å². The van der Waals surface area contributed by atoms with Gasteiger partial charge in [0.2, 0.25) is 11.7 Å². The summed E-state index contributed by atoms with van der Waals surface area (Å²) < 4.78 is 6.80. The number of pyridine rings is 1. The molecule has 2 aromatic heterocycles. The molecule has 184 valence electrons. The molecular weight excluding hydrogens is 456 g/mol. The summed E-state index contributed by atoms with van der Waals surface area (Å²) >= 11 is 0. The van der Waals surface area contributed by atoms with Gasteiger partial charge in [0.05, 0.1) is 6.54 Å². The number of fused-ring (bicyclic) bond motifs is 1. The number of rotatable bonds is 10. The van der Waals surface area contributed by atoms with Crippen molar-refractivity contribution in [3.05, 3.63) is 57.4 Å². The number of anilines is 1. The first-order valence-corrected chi connectivity index (χ1v) is 11.0. The molecule has 1 unspecified atom stereocenters. The van der Waals surface area contributed by atoms with Crippen molar-refractivity contribution < 1.29 is 28.4 Å². The van der Waals surface area contributed by atoms with E-state index in [0.717, 1.165) is 23.0 Å². The SMILES string of the molecule is CNC(=O)C(=O)CCC(NC(=O)c1oc2c(c1C)CCC=C2)C(=O)Nc1cccn(CC=O)c1=O. The van der Waals surface area contributed by atoms with E-state index >= 15 is 0 Å². The monoisotopic (exact) mass is 482 g/mol. The molecule has 11 nitrogen and oxygen atoms in total. The van der Waals surface area contributed by atoms with Crippen molar-refractivity contribution in [1.29, 1.82) is 0 Å². The zero-order chi connectivity index (χ0) is 25.5. The average molecular weight is 482 g/mol. The van der Waals surface area contributed by atoms with Gasteiger partial charge in [0.25, 0.3) is 17.4 Å². The van der Waals surface area contributed by atoms with Crippen LogP contribution in [-0.4, -0.2) is 47.4 Å². The minimum absolute atomic E-state index is 0.0463. The fourth-order valence-electron chi connectivity index (χ4n) is 3.75. The lowest BCUT2D eigenvalue weighted by atomic mass is 10.00. The summed E-state index contributed by atoms with van der Waals surface area (Å²) in [5, 5.41) is 7.21. The average Bonchev–Trinajstić information content (AvgIpc) is 3.20. The molecule has 3 rings (SSSR count). The third-order valence-corrected chi connectivity index (χ3v) is 5.65. The molecule has 0 saturated carbocycles. The highest BCUT2D eigenvalue weighted by atomic mass is 16.4. The lowest BCUT2D eigenvalue weighted by Crippen LogP contribution is -2.45. The fraction of sp³-hybridized carbons (Fsp3) is 0.333. The van der Waals surface area contributed by atoms with Crippen LogP contribution < -0.4 is 21.5 Å². The van der Waals surface area contributed by atoms with E-state index in [0.29, 0.717) is 17.6 Å². The molecule has 0 spiro atoms. The maximum atomic E-state index is 13.0. The van der Waals surface area contributed by atoms with E-state index in [2.05, 4.69) is 16.0 Å². The standard InChI is InChI=1S/C24H26N4O7/c1-14-15-6-3-4-8-19(15)35-20(14)23(33)26-16(9-10-18(30)22(32)25-2)21(31)27-17-7-5-11-28(12-13-29)24(17)34/h4-5,7-8,11,13,16H,3,6,9-10,12H2,1-2H3,(H,25,32)(H,26,33)(H,27,31). The van der Waals surface area contributed by atoms with Crippen LogP contribution in [0.5, 0.6) is 0 Å². The zero-order valence-electron chi connectivity index (χ0n) is 19.4. The van der Waals surface area contributed by atoms with Crippen molar-refractivity contribution in [2.24, 2.45) is 0 Å². The van der Waals surface area contributed by atoms with Crippen molar-refractivity contribution >= 4 is 41.6 Å². The van der Waals surface area contributed by atoms with Crippen molar-refractivity contribution in [3.63, 3.8) is 0 Å². The Morgan fingerprint density at radius 3 is 2.71 bits per heavy atom. The van der Waals surface area contributed by atoms with Crippen LogP contribution >= 0.6 is 0 Å². The molecule has 0 bridgehead atoms. The van der Waals surface area contributed by atoms with E-state index in [1.807, 2.05) is 6.08 Å². The Bertz CT molecular complexity index is 1260. The van der Waals surface area contributed by atoms with Crippen molar-refractivity contribution in [1.82, 2.24) is 15.2 Å². The Balaban J connectivity index is 1.83. The molecule has 0 radical (unpaired) electrons. The second-order valence-corrected chi connectivity index (χ2v) is 7.94. The van der Waals surface area contributed by atoms with Gasteiger partial charge in [-0.15, -0.1) is 0 Å². The van der Waals surface area contributed by atoms with E-state index in [4.69, 9.17) is 4.42 Å². The van der Waals surface area contributed by atoms with Gasteiger partial charge in [-0.3, -0.25) is 24.0 Å². The molecule has 2 aromatic rings. The molecule has 0 fully saturated rings. The summed E-state index contributed by atoms with van der Waals surface area (Å²) in [5.41, 5.74) is 0.850. The Hall–Kier alpha value is -4.28. The predicted molar refractivity (Wildman–Crippen MR) is 126 cm³/mol. The maximum absolute atomic E-state index is 13.0. The third-order valence-electron chi connectivity index (χ3n) is 5.65. The van der Waals surface area contributed by atoms with Gasteiger partial charge in [-0.05, 0) is 44.4 Å². The van der Waals surface area contributed by atoms with E-state index in [1.54, 1.807) is 13.0 Å². The number of furan rings is 1. The van der Waals surface area contributed by atoms with Crippen LogP contribution in [0.1, 0.15) is 46.7 Å². The lowest BCUT2D eigenvalue weighted by molar-refractivity contribution is -0.137.